The van der Waals surface area contributed by atoms with E-state index in [1.54, 1.807) is 0 Å². The molecule has 3 aromatic rings. The Balaban J connectivity index is 1.79. The molecule has 25 heavy (non-hydrogen) atoms. The molecule has 0 bridgehead atoms. The average molecular weight is 327 g/mol. The maximum Gasteiger partial charge on any atom is 0.260 e. The zero-order valence-electron chi connectivity index (χ0n) is 13.6. The Morgan fingerprint density at radius 3 is 2.20 bits per heavy atom. The lowest BCUT2D eigenvalue weighted by Gasteiger charge is -2.14. The van der Waals surface area contributed by atoms with Crippen molar-refractivity contribution in [2.75, 3.05) is 5.32 Å². The molecule has 3 heteroatoms. The van der Waals surface area contributed by atoms with Gasteiger partial charge in [0.1, 0.15) is 12.4 Å². The van der Waals surface area contributed by atoms with E-state index in [4.69, 9.17) is 4.74 Å². The highest BCUT2D eigenvalue weighted by molar-refractivity contribution is 6.36. The Bertz CT molecular complexity index is 931. The molecule has 0 fully saturated rings. The van der Waals surface area contributed by atoms with Gasteiger partial charge in [-0.15, -0.1) is 0 Å². The lowest BCUT2D eigenvalue weighted by Crippen LogP contribution is -2.07. The number of carbonyl (C=O) groups is 1. The van der Waals surface area contributed by atoms with Crippen LogP contribution < -0.4 is 5.32 Å². The van der Waals surface area contributed by atoms with E-state index in [0.29, 0.717) is 17.9 Å². The van der Waals surface area contributed by atoms with Crippen LogP contribution in [0.2, 0.25) is 0 Å². The molecular formula is C22H17NO2. The van der Waals surface area contributed by atoms with Crippen molar-refractivity contribution in [2.45, 2.75) is 6.61 Å². The molecule has 1 amide bonds. The van der Waals surface area contributed by atoms with Gasteiger partial charge in [-0.2, -0.15) is 0 Å². The topological polar surface area (TPSA) is 38.3 Å². The predicted octanol–water partition coefficient (Wildman–Crippen LogP) is 4.72. The van der Waals surface area contributed by atoms with Crippen molar-refractivity contribution in [3.63, 3.8) is 0 Å². The van der Waals surface area contributed by atoms with Crippen molar-refractivity contribution in [3.8, 4) is 0 Å². The van der Waals surface area contributed by atoms with E-state index in [-0.39, 0.29) is 5.91 Å². The number of rotatable bonds is 4. The lowest BCUT2D eigenvalue weighted by atomic mass is 10.0. The number of carbonyl (C=O) groups excluding carboxylic acids is 1. The fraction of sp³-hybridized carbons (Fsp3) is 0.0455. The van der Waals surface area contributed by atoms with Gasteiger partial charge in [-0.1, -0.05) is 78.9 Å². The molecule has 1 aliphatic rings. The van der Waals surface area contributed by atoms with Crippen molar-refractivity contribution in [1.29, 1.82) is 0 Å². The molecule has 3 nitrogen and oxygen atoms in total. The summed E-state index contributed by atoms with van der Waals surface area (Å²) >= 11 is 0. The first kappa shape index (κ1) is 15.2. The summed E-state index contributed by atoms with van der Waals surface area (Å²) < 4.78 is 6.14. The standard InChI is InChI=1S/C22H17NO2/c24-22-20(18-13-7-8-14-19(18)23-22)21(17-11-5-2-6-12-17)25-15-16-9-3-1-4-10-16/h1-14H,15H2,(H,23,24)/b21-20-. The van der Waals surface area contributed by atoms with Crippen LogP contribution in [0, 0.1) is 0 Å². The smallest absolute Gasteiger partial charge is 0.260 e. The summed E-state index contributed by atoms with van der Waals surface area (Å²) in [5, 5.41) is 2.92. The van der Waals surface area contributed by atoms with Crippen LogP contribution >= 0.6 is 0 Å². The van der Waals surface area contributed by atoms with Crippen LogP contribution in [0.3, 0.4) is 0 Å². The lowest BCUT2D eigenvalue weighted by molar-refractivity contribution is -0.110. The average Bonchev–Trinajstić information content (AvgIpc) is 3.00. The molecule has 0 unspecified atom stereocenters. The molecule has 3 aromatic carbocycles. The van der Waals surface area contributed by atoms with Crippen LogP contribution in [-0.2, 0) is 16.1 Å². The molecular weight excluding hydrogens is 310 g/mol. The predicted molar refractivity (Wildman–Crippen MR) is 99.6 cm³/mol. The van der Waals surface area contributed by atoms with E-state index in [0.717, 1.165) is 22.4 Å². The molecule has 0 atom stereocenters. The minimum atomic E-state index is -0.131. The first-order valence-electron chi connectivity index (χ1n) is 8.20. The van der Waals surface area contributed by atoms with Gasteiger partial charge in [0, 0.05) is 16.8 Å². The minimum Gasteiger partial charge on any atom is -0.487 e. The van der Waals surface area contributed by atoms with Crippen LogP contribution in [0.25, 0.3) is 11.3 Å². The highest BCUT2D eigenvalue weighted by Crippen LogP contribution is 2.37. The number of hydrogen-bond acceptors (Lipinski definition) is 2. The zero-order valence-corrected chi connectivity index (χ0v) is 13.6. The molecule has 1 N–H and O–H groups in total. The summed E-state index contributed by atoms with van der Waals surface area (Å²) in [6.07, 6.45) is 0. The summed E-state index contributed by atoms with van der Waals surface area (Å²) in [5.41, 5.74) is 4.22. The van der Waals surface area contributed by atoms with E-state index in [2.05, 4.69) is 5.32 Å². The largest absolute Gasteiger partial charge is 0.487 e. The van der Waals surface area contributed by atoms with Gasteiger partial charge in [-0.3, -0.25) is 4.79 Å². The number of nitrogens with one attached hydrogen (secondary N) is 1. The molecule has 0 radical (unpaired) electrons. The number of hydrogen-bond donors (Lipinski definition) is 1. The Labute approximate surface area is 146 Å². The van der Waals surface area contributed by atoms with Gasteiger partial charge in [0.2, 0.25) is 0 Å². The maximum atomic E-state index is 12.6. The quantitative estimate of drug-likeness (QED) is 0.556. The molecule has 1 heterocycles. The molecule has 0 aliphatic carbocycles. The molecule has 122 valence electrons. The number of ether oxygens (including phenoxy) is 1. The fourth-order valence-electron chi connectivity index (χ4n) is 2.96. The Morgan fingerprint density at radius 2 is 1.44 bits per heavy atom. The summed E-state index contributed by atoms with van der Waals surface area (Å²) in [6.45, 7) is 0.407. The number of anilines is 1. The van der Waals surface area contributed by atoms with Crippen LogP contribution in [0.15, 0.2) is 84.9 Å². The molecule has 0 aromatic heterocycles. The van der Waals surface area contributed by atoms with E-state index < -0.39 is 0 Å². The van der Waals surface area contributed by atoms with Crippen molar-refractivity contribution in [3.05, 3.63) is 102 Å². The van der Waals surface area contributed by atoms with Gasteiger partial charge in [0.05, 0.1) is 5.57 Å². The van der Waals surface area contributed by atoms with Crippen molar-refractivity contribution in [2.24, 2.45) is 0 Å². The Morgan fingerprint density at radius 1 is 0.800 bits per heavy atom. The van der Waals surface area contributed by atoms with Crippen LogP contribution in [0.4, 0.5) is 5.69 Å². The minimum absolute atomic E-state index is 0.131. The van der Waals surface area contributed by atoms with Gasteiger partial charge < -0.3 is 10.1 Å². The van der Waals surface area contributed by atoms with Gasteiger partial charge in [0.25, 0.3) is 5.91 Å². The van der Waals surface area contributed by atoms with Gasteiger partial charge in [-0.25, -0.2) is 0 Å². The monoisotopic (exact) mass is 327 g/mol. The third kappa shape index (κ3) is 3.04. The summed E-state index contributed by atoms with van der Waals surface area (Å²) in [5.74, 6) is 0.472. The third-order valence-corrected chi connectivity index (χ3v) is 4.16. The Hall–Kier alpha value is -3.33. The van der Waals surface area contributed by atoms with Crippen molar-refractivity contribution in [1.82, 2.24) is 0 Å². The first-order chi connectivity index (χ1) is 12.3. The van der Waals surface area contributed by atoms with E-state index in [1.165, 1.54) is 0 Å². The maximum absolute atomic E-state index is 12.6. The molecule has 4 rings (SSSR count). The van der Waals surface area contributed by atoms with E-state index in [1.807, 2.05) is 84.9 Å². The van der Waals surface area contributed by atoms with Gasteiger partial charge >= 0.3 is 0 Å². The third-order valence-electron chi connectivity index (χ3n) is 4.16. The number of benzene rings is 3. The molecule has 0 saturated carbocycles. The van der Waals surface area contributed by atoms with Crippen molar-refractivity contribution >= 4 is 22.9 Å². The number of para-hydroxylation sites is 1. The van der Waals surface area contributed by atoms with Gasteiger partial charge in [-0.05, 0) is 11.6 Å². The highest BCUT2D eigenvalue weighted by Gasteiger charge is 2.28. The van der Waals surface area contributed by atoms with E-state index in [9.17, 15) is 4.79 Å². The van der Waals surface area contributed by atoms with E-state index >= 15 is 0 Å². The second-order valence-corrected chi connectivity index (χ2v) is 5.84. The normalized spacial score (nSPS) is 14.6. The number of fused-ring (bicyclic) bond motifs is 1. The second kappa shape index (κ2) is 6.65. The summed E-state index contributed by atoms with van der Waals surface area (Å²) in [7, 11) is 0. The fourth-order valence-corrected chi connectivity index (χ4v) is 2.96. The zero-order chi connectivity index (χ0) is 17.1. The molecule has 0 spiro atoms. The summed E-state index contributed by atoms with van der Waals surface area (Å²) in [6, 6.07) is 27.4. The Kier molecular flexibility index (Phi) is 4.05. The van der Waals surface area contributed by atoms with Crippen molar-refractivity contribution < 1.29 is 9.53 Å². The SMILES string of the molecule is O=C1Nc2ccccc2/C1=C(/OCc1ccccc1)c1ccccc1. The molecule has 0 saturated heterocycles. The van der Waals surface area contributed by atoms with Crippen LogP contribution in [-0.4, -0.2) is 5.91 Å². The summed E-state index contributed by atoms with van der Waals surface area (Å²) in [4.78, 5) is 12.6. The molecule has 1 aliphatic heterocycles. The second-order valence-electron chi connectivity index (χ2n) is 5.84. The van der Waals surface area contributed by atoms with Gasteiger partial charge in [0.15, 0.2) is 0 Å². The van der Waals surface area contributed by atoms with Crippen LogP contribution in [0.1, 0.15) is 16.7 Å². The van der Waals surface area contributed by atoms with Crippen LogP contribution in [0.5, 0.6) is 0 Å². The highest BCUT2D eigenvalue weighted by atomic mass is 16.5. The number of amides is 1. The first-order valence-corrected chi connectivity index (χ1v) is 8.20.